The van der Waals surface area contributed by atoms with Gasteiger partial charge in [0, 0.05) is 39.3 Å². The minimum Gasteiger partial charge on any atom is -0.304 e. The molecule has 0 aliphatic carbocycles. The summed E-state index contributed by atoms with van der Waals surface area (Å²) >= 11 is 0. The molecule has 0 saturated carbocycles. The molecule has 0 radical (unpaired) electrons. The van der Waals surface area contributed by atoms with E-state index < -0.39 is 0 Å². The van der Waals surface area contributed by atoms with Crippen molar-refractivity contribution in [3.63, 3.8) is 0 Å². The Hall–Kier alpha value is -0.120. The van der Waals surface area contributed by atoms with Crippen molar-refractivity contribution in [1.29, 1.82) is 0 Å². The van der Waals surface area contributed by atoms with Crippen LogP contribution in [0.1, 0.15) is 12.8 Å². The van der Waals surface area contributed by atoms with E-state index >= 15 is 0 Å². The third kappa shape index (κ3) is 2.94. The van der Waals surface area contributed by atoms with Crippen LogP contribution in [-0.4, -0.2) is 74.1 Å². The first kappa shape index (κ1) is 10.4. The Morgan fingerprint density at radius 3 is 1.79 bits per heavy atom. The minimum atomic E-state index is 1.25. The summed E-state index contributed by atoms with van der Waals surface area (Å²) < 4.78 is 0. The third-order valence-electron chi connectivity index (χ3n) is 3.53. The Bertz CT molecular complexity index is 158. The lowest BCUT2D eigenvalue weighted by Crippen LogP contribution is -2.46. The van der Waals surface area contributed by atoms with Crippen molar-refractivity contribution >= 4 is 0 Å². The van der Waals surface area contributed by atoms with E-state index in [1.54, 1.807) is 0 Å². The zero-order chi connectivity index (χ0) is 9.80. The lowest BCUT2D eigenvalue weighted by Gasteiger charge is -2.33. The fourth-order valence-electron chi connectivity index (χ4n) is 2.36. The number of piperazine rings is 1. The van der Waals surface area contributed by atoms with Crippen molar-refractivity contribution in [2.24, 2.45) is 0 Å². The van der Waals surface area contributed by atoms with Gasteiger partial charge in [0.25, 0.3) is 0 Å². The predicted molar refractivity (Wildman–Crippen MR) is 59.6 cm³/mol. The SMILES string of the molecule is CN1CCN(CCN2CCCC2)CC1. The molecule has 0 N–H and O–H groups in total. The number of nitrogens with zero attached hydrogens (tertiary/aromatic N) is 3. The van der Waals surface area contributed by atoms with Gasteiger partial charge in [-0.25, -0.2) is 0 Å². The van der Waals surface area contributed by atoms with Gasteiger partial charge in [-0.15, -0.1) is 0 Å². The normalized spacial score (nSPS) is 27.2. The molecule has 2 fully saturated rings. The van der Waals surface area contributed by atoms with Crippen LogP contribution in [0, 0.1) is 0 Å². The molecule has 2 aliphatic rings. The molecule has 82 valence electrons. The van der Waals surface area contributed by atoms with Crippen LogP contribution in [0.2, 0.25) is 0 Å². The van der Waals surface area contributed by atoms with Gasteiger partial charge in [0.1, 0.15) is 0 Å². The van der Waals surface area contributed by atoms with Crippen LogP contribution in [0.4, 0.5) is 0 Å². The predicted octanol–water partition coefficient (Wildman–Crippen LogP) is 0.330. The summed E-state index contributed by atoms with van der Waals surface area (Å²) in [5, 5.41) is 0. The maximum atomic E-state index is 2.61. The summed E-state index contributed by atoms with van der Waals surface area (Å²) in [5.74, 6) is 0. The fourth-order valence-corrected chi connectivity index (χ4v) is 2.36. The molecule has 2 heterocycles. The Morgan fingerprint density at radius 1 is 0.714 bits per heavy atom. The van der Waals surface area contributed by atoms with Crippen LogP contribution in [-0.2, 0) is 0 Å². The number of likely N-dealkylation sites (tertiary alicyclic amines) is 1. The molecule has 3 nitrogen and oxygen atoms in total. The second-order valence-electron chi connectivity index (χ2n) is 4.69. The van der Waals surface area contributed by atoms with Crippen LogP contribution in [0.3, 0.4) is 0 Å². The Kier molecular flexibility index (Phi) is 3.79. The van der Waals surface area contributed by atoms with Crippen molar-refractivity contribution in [2.75, 3.05) is 59.4 Å². The summed E-state index contributed by atoms with van der Waals surface area (Å²) in [6.07, 6.45) is 2.84. The highest BCUT2D eigenvalue weighted by atomic mass is 15.3. The molecular formula is C11H23N3. The van der Waals surface area contributed by atoms with Crippen molar-refractivity contribution in [2.45, 2.75) is 12.8 Å². The summed E-state index contributed by atoms with van der Waals surface area (Å²) in [4.78, 5) is 7.64. The van der Waals surface area contributed by atoms with E-state index in [4.69, 9.17) is 0 Å². The van der Waals surface area contributed by atoms with E-state index in [0.717, 1.165) is 0 Å². The maximum Gasteiger partial charge on any atom is 0.0110 e. The highest BCUT2D eigenvalue weighted by Gasteiger charge is 2.16. The largest absolute Gasteiger partial charge is 0.304 e. The molecule has 0 aromatic heterocycles. The first-order valence-corrected chi connectivity index (χ1v) is 5.98. The van der Waals surface area contributed by atoms with Crippen molar-refractivity contribution in [1.82, 2.24) is 14.7 Å². The molecule has 2 rings (SSSR count). The molecule has 0 aromatic carbocycles. The number of hydrogen-bond donors (Lipinski definition) is 0. The molecular weight excluding hydrogens is 174 g/mol. The minimum absolute atomic E-state index is 1.25. The number of likely N-dealkylation sites (N-methyl/N-ethyl adjacent to an activating group) is 1. The molecule has 0 amide bonds. The van der Waals surface area contributed by atoms with E-state index in [9.17, 15) is 0 Å². The van der Waals surface area contributed by atoms with E-state index in [2.05, 4.69) is 21.7 Å². The molecule has 0 aromatic rings. The Labute approximate surface area is 87.7 Å². The van der Waals surface area contributed by atoms with Crippen LogP contribution in [0.15, 0.2) is 0 Å². The van der Waals surface area contributed by atoms with Gasteiger partial charge in [-0.05, 0) is 33.0 Å². The second-order valence-corrected chi connectivity index (χ2v) is 4.69. The van der Waals surface area contributed by atoms with E-state index in [-0.39, 0.29) is 0 Å². The van der Waals surface area contributed by atoms with Crippen LogP contribution in [0.25, 0.3) is 0 Å². The molecule has 2 aliphatic heterocycles. The summed E-state index contributed by atoms with van der Waals surface area (Å²) in [6.45, 7) is 10.3. The Balaban J connectivity index is 1.60. The van der Waals surface area contributed by atoms with Crippen LogP contribution < -0.4 is 0 Å². The molecule has 14 heavy (non-hydrogen) atoms. The van der Waals surface area contributed by atoms with Gasteiger partial charge in [0.15, 0.2) is 0 Å². The van der Waals surface area contributed by atoms with E-state index in [0.29, 0.717) is 0 Å². The second kappa shape index (κ2) is 5.10. The van der Waals surface area contributed by atoms with Gasteiger partial charge < -0.3 is 9.80 Å². The number of hydrogen-bond acceptors (Lipinski definition) is 3. The van der Waals surface area contributed by atoms with Crippen molar-refractivity contribution in [3.05, 3.63) is 0 Å². The number of rotatable bonds is 3. The monoisotopic (exact) mass is 197 g/mol. The van der Waals surface area contributed by atoms with Crippen LogP contribution in [0.5, 0.6) is 0 Å². The standard InChI is InChI=1S/C11H23N3/c1-12-6-8-14(9-7-12)11-10-13-4-2-3-5-13/h2-11H2,1H3. The zero-order valence-electron chi connectivity index (χ0n) is 9.41. The molecule has 0 bridgehead atoms. The van der Waals surface area contributed by atoms with Crippen molar-refractivity contribution in [3.8, 4) is 0 Å². The molecule has 0 spiro atoms. The average Bonchev–Trinajstić information content (AvgIpc) is 2.70. The average molecular weight is 197 g/mol. The van der Waals surface area contributed by atoms with E-state index in [1.807, 2.05) is 0 Å². The summed E-state index contributed by atoms with van der Waals surface area (Å²) in [6, 6.07) is 0. The van der Waals surface area contributed by atoms with Gasteiger partial charge >= 0.3 is 0 Å². The maximum absolute atomic E-state index is 2.61. The Morgan fingerprint density at radius 2 is 1.21 bits per heavy atom. The van der Waals surface area contributed by atoms with Gasteiger partial charge in [-0.3, -0.25) is 4.90 Å². The molecule has 2 saturated heterocycles. The van der Waals surface area contributed by atoms with Gasteiger partial charge in [-0.2, -0.15) is 0 Å². The lowest BCUT2D eigenvalue weighted by molar-refractivity contribution is 0.140. The topological polar surface area (TPSA) is 9.72 Å². The molecule has 0 atom stereocenters. The fraction of sp³-hybridized carbons (Fsp3) is 1.00. The summed E-state index contributed by atoms with van der Waals surface area (Å²) in [5.41, 5.74) is 0. The molecule has 0 unspecified atom stereocenters. The van der Waals surface area contributed by atoms with Crippen molar-refractivity contribution < 1.29 is 0 Å². The lowest BCUT2D eigenvalue weighted by atomic mass is 10.3. The van der Waals surface area contributed by atoms with Gasteiger partial charge in [0.2, 0.25) is 0 Å². The van der Waals surface area contributed by atoms with Crippen LogP contribution >= 0.6 is 0 Å². The smallest absolute Gasteiger partial charge is 0.0110 e. The third-order valence-corrected chi connectivity index (χ3v) is 3.53. The highest BCUT2D eigenvalue weighted by molar-refractivity contribution is 4.72. The molecule has 3 heteroatoms. The van der Waals surface area contributed by atoms with Gasteiger partial charge in [0.05, 0.1) is 0 Å². The summed E-state index contributed by atoms with van der Waals surface area (Å²) in [7, 11) is 2.22. The first-order valence-electron chi connectivity index (χ1n) is 5.98. The zero-order valence-corrected chi connectivity index (χ0v) is 9.41. The quantitative estimate of drug-likeness (QED) is 0.645. The van der Waals surface area contributed by atoms with Gasteiger partial charge in [-0.1, -0.05) is 0 Å². The van der Waals surface area contributed by atoms with E-state index in [1.165, 1.54) is 65.2 Å². The first-order chi connectivity index (χ1) is 6.84. The highest BCUT2D eigenvalue weighted by Crippen LogP contribution is 2.07.